The molecule has 0 bridgehead atoms. The Balaban J connectivity index is 1.75. The van der Waals surface area contributed by atoms with Crippen LogP contribution < -0.4 is 9.64 Å². The van der Waals surface area contributed by atoms with E-state index in [1.54, 1.807) is 31.9 Å². The van der Waals surface area contributed by atoms with Crippen LogP contribution in [-0.2, 0) is 9.47 Å². The van der Waals surface area contributed by atoms with Crippen molar-refractivity contribution in [3.63, 3.8) is 0 Å². The maximum atomic E-state index is 5.99. The van der Waals surface area contributed by atoms with Crippen molar-refractivity contribution < 1.29 is 14.2 Å². The molecular weight excluding hydrogens is 362 g/mol. The van der Waals surface area contributed by atoms with E-state index in [2.05, 4.69) is 39.3 Å². The van der Waals surface area contributed by atoms with Crippen LogP contribution in [0.5, 0.6) is 5.75 Å². The maximum Gasteiger partial charge on any atom is 0.141 e. The highest BCUT2D eigenvalue weighted by Crippen LogP contribution is 2.38. The Kier molecular flexibility index (Phi) is 5.24. The van der Waals surface area contributed by atoms with Gasteiger partial charge in [0.05, 0.1) is 31.3 Å². The third kappa shape index (κ3) is 3.63. The van der Waals surface area contributed by atoms with Crippen LogP contribution in [0.2, 0.25) is 0 Å². The highest BCUT2D eigenvalue weighted by Gasteiger charge is 2.28. The second-order valence-corrected chi connectivity index (χ2v) is 7.54. The fourth-order valence-electron chi connectivity index (χ4n) is 3.58. The van der Waals surface area contributed by atoms with Crippen LogP contribution in [0.4, 0.5) is 5.82 Å². The normalized spacial score (nSPS) is 20.2. The monoisotopic (exact) mass is 385 g/mol. The minimum absolute atomic E-state index is 0.0341. The van der Waals surface area contributed by atoms with E-state index in [0.717, 1.165) is 46.0 Å². The van der Waals surface area contributed by atoms with Crippen molar-refractivity contribution in [3.05, 3.63) is 36.0 Å². The van der Waals surface area contributed by atoms with Crippen LogP contribution in [0, 0.1) is 0 Å². The van der Waals surface area contributed by atoms with E-state index in [9.17, 15) is 0 Å². The quantitative estimate of drug-likeness (QED) is 0.669. The molecule has 6 nitrogen and oxygen atoms in total. The molecule has 0 radical (unpaired) electrons. The fraction of sp³-hybridized carbons (Fsp3) is 0.400. The molecule has 1 fully saturated rings. The van der Waals surface area contributed by atoms with Crippen LogP contribution >= 0.6 is 11.3 Å². The first-order valence-corrected chi connectivity index (χ1v) is 9.83. The van der Waals surface area contributed by atoms with Crippen molar-refractivity contribution in [1.29, 1.82) is 0 Å². The summed E-state index contributed by atoms with van der Waals surface area (Å²) < 4.78 is 16.6. The molecule has 7 heteroatoms. The Bertz CT molecular complexity index is 912. The third-order valence-electron chi connectivity index (χ3n) is 4.73. The lowest BCUT2D eigenvalue weighted by atomic mass is 10.1. The molecule has 1 aliphatic heterocycles. The lowest BCUT2D eigenvalue weighted by molar-refractivity contribution is -0.0512. The van der Waals surface area contributed by atoms with Gasteiger partial charge in [-0.15, -0.1) is 11.3 Å². The molecule has 1 saturated heterocycles. The number of nitrogens with zero attached hydrogens (tertiary/aromatic N) is 3. The molecule has 0 aliphatic carbocycles. The number of fused-ring (bicyclic) bond motifs is 1. The number of aromatic nitrogens is 2. The van der Waals surface area contributed by atoms with Gasteiger partial charge in [-0.1, -0.05) is 12.1 Å². The van der Waals surface area contributed by atoms with Gasteiger partial charge in [0.15, 0.2) is 0 Å². The van der Waals surface area contributed by atoms with Crippen molar-refractivity contribution >= 4 is 27.4 Å². The van der Waals surface area contributed by atoms with Crippen molar-refractivity contribution in [2.75, 3.05) is 38.8 Å². The first kappa shape index (κ1) is 18.2. The first-order valence-electron chi connectivity index (χ1n) is 8.95. The van der Waals surface area contributed by atoms with Gasteiger partial charge in [-0.3, -0.25) is 0 Å². The van der Waals surface area contributed by atoms with Crippen LogP contribution in [0.3, 0.4) is 0 Å². The zero-order chi connectivity index (χ0) is 18.8. The second-order valence-electron chi connectivity index (χ2n) is 6.68. The highest BCUT2D eigenvalue weighted by atomic mass is 32.1. The number of hydrogen-bond acceptors (Lipinski definition) is 7. The molecule has 0 N–H and O–H groups in total. The van der Waals surface area contributed by atoms with Crippen LogP contribution in [0.1, 0.15) is 6.92 Å². The van der Waals surface area contributed by atoms with Crippen LogP contribution in [-0.4, -0.2) is 56.1 Å². The largest absolute Gasteiger partial charge is 0.497 e. The molecule has 1 aromatic carbocycles. The minimum atomic E-state index is 0.0341. The summed E-state index contributed by atoms with van der Waals surface area (Å²) in [5, 5.41) is 3.25. The summed E-state index contributed by atoms with van der Waals surface area (Å²) in [6.45, 7) is 4.21. The Morgan fingerprint density at radius 3 is 2.74 bits per heavy atom. The van der Waals surface area contributed by atoms with Gasteiger partial charge in [-0.25, -0.2) is 9.97 Å². The Morgan fingerprint density at radius 1 is 1.19 bits per heavy atom. The average Bonchev–Trinajstić information content (AvgIpc) is 3.12. The van der Waals surface area contributed by atoms with E-state index in [-0.39, 0.29) is 12.2 Å². The number of morpholine rings is 1. The molecular formula is C20H23N3O3S. The summed E-state index contributed by atoms with van der Waals surface area (Å²) in [6, 6.07) is 8.11. The van der Waals surface area contributed by atoms with Crippen molar-refractivity contribution in [2.45, 2.75) is 19.1 Å². The van der Waals surface area contributed by atoms with E-state index >= 15 is 0 Å². The molecule has 4 rings (SSSR count). The number of anilines is 1. The lowest BCUT2D eigenvalue weighted by Crippen LogP contribution is -2.48. The van der Waals surface area contributed by atoms with E-state index in [1.807, 2.05) is 12.1 Å². The van der Waals surface area contributed by atoms with Gasteiger partial charge in [0.1, 0.15) is 22.7 Å². The van der Waals surface area contributed by atoms with E-state index < -0.39 is 0 Å². The van der Waals surface area contributed by atoms with Gasteiger partial charge < -0.3 is 19.1 Å². The van der Waals surface area contributed by atoms with Crippen molar-refractivity contribution in [3.8, 4) is 16.9 Å². The zero-order valence-electron chi connectivity index (χ0n) is 15.7. The second kappa shape index (κ2) is 7.80. The molecule has 0 spiro atoms. The molecule has 0 amide bonds. The summed E-state index contributed by atoms with van der Waals surface area (Å²) in [4.78, 5) is 12.4. The number of methoxy groups -OCH3 is 2. The molecule has 2 unspecified atom stereocenters. The Morgan fingerprint density at radius 2 is 2.00 bits per heavy atom. The molecule has 3 heterocycles. The smallest absolute Gasteiger partial charge is 0.141 e. The Hall–Kier alpha value is -2.22. The molecule has 0 saturated carbocycles. The zero-order valence-corrected chi connectivity index (χ0v) is 16.5. The maximum absolute atomic E-state index is 5.99. The topological polar surface area (TPSA) is 56.7 Å². The number of thiophene rings is 1. The van der Waals surface area contributed by atoms with Gasteiger partial charge in [0.25, 0.3) is 0 Å². The summed E-state index contributed by atoms with van der Waals surface area (Å²) in [6.07, 6.45) is 1.80. The summed E-state index contributed by atoms with van der Waals surface area (Å²) in [5.74, 6) is 1.81. The standard InChI is InChI=1S/C20H23N3O3S/c1-13-8-23(9-16(26-13)10-24-2)19-18-17(11-27-20(18)22-12-21-19)14-4-6-15(25-3)7-5-14/h4-7,11-13,16H,8-10H2,1-3H3. The van der Waals surface area contributed by atoms with Gasteiger partial charge in [0.2, 0.25) is 0 Å². The molecule has 1 aliphatic rings. The van der Waals surface area contributed by atoms with Gasteiger partial charge in [0, 0.05) is 31.1 Å². The number of rotatable bonds is 5. The Labute approximate surface area is 162 Å². The van der Waals surface area contributed by atoms with Crippen molar-refractivity contribution in [1.82, 2.24) is 9.97 Å². The molecule has 2 atom stereocenters. The van der Waals surface area contributed by atoms with E-state index in [0.29, 0.717) is 6.61 Å². The number of ether oxygens (including phenoxy) is 3. The summed E-state index contributed by atoms with van der Waals surface area (Å²) >= 11 is 1.64. The van der Waals surface area contributed by atoms with Crippen molar-refractivity contribution in [2.24, 2.45) is 0 Å². The van der Waals surface area contributed by atoms with Crippen LogP contribution in [0.15, 0.2) is 36.0 Å². The summed E-state index contributed by atoms with van der Waals surface area (Å²) in [7, 11) is 3.38. The lowest BCUT2D eigenvalue weighted by Gasteiger charge is -2.37. The van der Waals surface area contributed by atoms with Gasteiger partial charge >= 0.3 is 0 Å². The fourth-order valence-corrected chi connectivity index (χ4v) is 4.49. The molecule has 142 valence electrons. The first-order chi connectivity index (χ1) is 13.2. The SMILES string of the molecule is COCC1CN(c2ncnc3scc(-c4ccc(OC)cc4)c23)CC(C)O1. The molecule has 3 aromatic rings. The van der Waals surface area contributed by atoms with Gasteiger partial charge in [-0.2, -0.15) is 0 Å². The van der Waals surface area contributed by atoms with Gasteiger partial charge in [-0.05, 0) is 24.6 Å². The predicted octanol–water partition coefficient (Wildman–Crippen LogP) is 3.61. The molecule has 27 heavy (non-hydrogen) atoms. The molecule has 2 aromatic heterocycles. The third-order valence-corrected chi connectivity index (χ3v) is 5.62. The summed E-state index contributed by atoms with van der Waals surface area (Å²) in [5.41, 5.74) is 2.28. The number of benzene rings is 1. The highest BCUT2D eigenvalue weighted by molar-refractivity contribution is 7.17. The average molecular weight is 385 g/mol. The van der Waals surface area contributed by atoms with Crippen LogP contribution in [0.25, 0.3) is 21.3 Å². The predicted molar refractivity (Wildman–Crippen MR) is 108 cm³/mol. The van der Waals surface area contributed by atoms with E-state index in [1.165, 1.54) is 0 Å². The van der Waals surface area contributed by atoms with E-state index in [4.69, 9.17) is 14.2 Å². The number of hydrogen-bond donors (Lipinski definition) is 0. The minimum Gasteiger partial charge on any atom is -0.497 e.